The summed E-state index contributed by atoms with van der Waals surface area (Å²) in [6.07, 6.45) is 1.55. The van der Waals surface area contributed by atoms with Gasteiger partial charge in [-0.1, -0.05) is 0 Å². The molecule has 0 saturated carbocycles. The van der Waals surface area contributed by atoms with Crippen molar-refractivity contribution in [2.75, 3.05) is 25.3 Å². The molecule has 0 radical (unpaired) electrons. The number of alkyl halides is 1. The smallest absolute Gasteiger partial charge is 0.131 e. The first-order valence-corrected chi connectivity index (χ1v) is 4.41. The molecule has 0 N–H and O–H groups in total. The molecule has 4 heteroatoms. The minimum atomic E-state index is -0.937. The van der Waals surface area contributed by atoms with Crippen LogP contribution in [0.1, 0.15) is 0 Å². The maximum absolute atomic E-state index is 11.9. The van der Waals surface area contributed by atoms with Gasteiger partial charge >= 0.3 is 0 Å². The van der Waals surface area contributed by atoms with E-state index in [0.29, 0.717) is 12.4 Å². The van der Waals surface area contributed by atoms with Gasteiger partial charge in [-0.3, -0.25) is 4.21 Å². The van der Waals surface area contributed by atoms with E-state index in [-0.39, 0.29) is 0 Å². The first-order chi connectivity index (χ1) is 4.18. The number of epoxide rings is 1. The van der Waals surface area contributed by atoms with Crippen LogP contribution in [0.5, 0.6) is 0 Å². The van der Waals surface area contributed by atoms with E-state index in [1.165, 1.54) is 0 Å². The highest BCUT2D eigenvalue weighted by molar-refractivity contribution is 7.84. The molecular formula is C5H9FO2S. The first-order valence-electron chi connectivity index (χ1n) is 2.68. The molecule has 2 nitrogen and oxygen atoms in total. The third kappa shape index (κ3) is 1.72. The second kappa shape index (κ2) is 2.34. The van der Waals surface area contributed by atoms with Gasteiger partial charge in [-0.2, -0.15) is 0 Å². The molecule has 0 spiro atoms. The highest BCUT2D eigenvalue weighted by Crippen LogP contribution is 2.27. The van der Waals surface area contributed by atoms with Crippen molar-refractivity contribution in [1.29, 1.82) is 0 Å². The fourth-order valence-electron chi connectivity index (χ4n) is 0.672. The topological polar surface area (TPSA) is 29.6 Å². The lowest BCUT2D eigenvalue weighted by atomic mass is 10.2. The van der Waals surface area contributed by atoms with E-state index >= 15 is 0 Å². The Balaban J connectivity index is 2.33. The van der Waals surface area contributed by atoms with Crippen LogP contribution in [0.2, 0.25) is 0 Å². The minimum absolute atomic E-state index is 0.337. The summed E-state index contributed by atoms with van der Waals surface area (Å²) < 4.78 is 27.2. The SMILES string of the molecule is CS(=O)CC1(CF)CO1. The molecule has 0 aromatic heterocycles. The summed E-state index contributed by atoms with van der Waals surface area (Å²) >= 11 is 0. The highest BCUT2D eigenvalue weighted by atomic mass is 32.2. The zero-order valence-corrected chi connectivity index (χ0v) is 6.04. The second-order valence-corrected chi connectivity index (χ2v) is 3.76. The van der Waals surface area contributed by atoms with Gasteiger partial charge in [0.15, 0.2) is 0 Å². The molecule has 1 fully saturated rings. The standard InChI is InChI=1S/C5H9FO2S/c1-9(7)4-5(2-6)3-8-5/h2-4H2,1H3. The lowest BCUT2D eigenvalue weighted by molar-refractivity contribution is 0.267. The Morgan fingerprint density at radius 1 is 1.89 bits per heavy atom. The Morgan fingerprint density at radius 3 is 2.56 bits per heavy atom. The maximum Gasteiger partial charge on any atom is 0.131 e. The monoisotopic (exact) mass is 152 g/mol. The van der Waals surface area contributed by atoms with Crippen molar-refractivity contribution in [2.45, 2.75) is 5.60 Å². The molecular weight excluding hydrogens is 143 g/mol. The average molecular weight is 152 g/mol. The molecule has 54 valence electrons. The first kappa shape index (κ1) is 7.15. The number of halogens is 1. The number of hydrogen-bond donors (Lipinski definition) is 0. The number of hydrogen-bond acceptors (Lipinski definition) is 2. The van der Waals surface area contributed by atoms with Crippen molar-refractivity contribution in [3.05, 3.63) is 0 Å². The lowest BCUT2D eigenvalue weighted by Gasteiger charge is -2.01. The van der Waals surface area contributed by atoms with Crippen molar-refractivity contribution >= 4 is 10.8 Å². The van der Waals surface area contributed by atoms with Crippen LogP contribution < -0.4 is 0 Å². The summed E-state index contributed by atoms with van der Waals surface area (Å²) in [7, 11) is -0.937. The number of ether oxygens (including phenoxy) is 1. The second-order valence-electron chi connectivity index (χ2n) is 2.32. The zero-order valence-electron chi connectivity index (χ0n) is 5.22. The molecule has 0 amide bonds. The van der Waals surface area contributed by atoms with Crippen LogP contribution in [0.15, 0.2) is 0 Å². The summed E-state index contributed by atoms with van der Waals surface area (Å²) in [5.41, 5.74) is -0.653. The van der Waals surface area contributed by atoms with E-state index in [0.717, 1.165) is 0 Å². The maximum atomic E-state index is 11.9. The third-order valence-electron chi connectivity index (χ3n) is 1.26. The van der Waals surface area contributed by atoms with Gasteiger partial charge in [0.05, 0.1) is 12.4 Å². The molecule has 1 rings (SSSR count). The van der Waals surface area contributed by atoms with E-state index in [9.17, 15) is 8.60 Å². The van der Waals surface area contributed by atoms with Gasteiger partial charge in [-0.15, -0.1) is 0 Å². The van der Waals surface area contributed by atoms with Gasteiger partial charge in [0.1, 0.15) is 12.3 Å². The number of rotatable bonds is 3. The highest BCUT2D eigenvalue weighted by Gasteiger charge is 2.45. The zero-order chi connectivity index (χ0) is 6.91. The molecule has 2 unspecified atom stereocenters. The van der Waals surface area contributed by atoms with E-state index in [4.69, 9.17) is 4.74 Å². The molecule has 0 aromatic rings. The van der Waals surface area contributed by atoms with E-state index in [1.807, 2.05) is 0 Å². The molecule has 0 aromatic carbocycles. The van der Waals surface area contributed by atoms with Crippen molar-refractivity contribution in [3.8, 4) is 0 Å². The summed E-state index contributed by atoms with van der Waals surface area (Å²) in [5.74, 6) is 0.337. The summed E-state index contributed by atoms with van der Waals surface area (Å²) in [5, 5.41) is 0. The van der Waals surface area contributed by atoms with Crippen molar-refractivity contribution in [3.63, 3.8) is 0 Å². The molecule has 0 aliphatic carbocycles. The molecule has 0 bridgehead atoms. The van der Waals surface area contributed by atoms with Crippen LogP contribution in [0.3, 0.4) is 0 Å². The normalized spacial score (nSPS) is 36.2. The predicted molar refractivity (Wildman–Crippen MR) is 33.6 cm³/mol. The van der Waals surface area contributed by atoms with Gasteiger partial charge < -0.3 is 4.74 Å². The Morgan fingerprint density at radius 2 is 2.44 bits per heavy atom. The van der Waals surface area contributed by atoms with Crippen LogP contribution in [0.25, 0.3) is 0 Å². The Hall–Kier alpha value is 0.0400. The van der Waals surface area contributed by atoms with Crippen LogP contribution >= 0.6 is 0 Å². The van der Waals surface area contributed by atoms with Crippen LogP contribution in [0.4, 0.5) is 4.39 Å². The Bertz CT molecular complexity index is 133. The van der Waals surface area contributed by atoms with E-state index in [2.05, 4.69) is 0 Å². The van der Waals surface area contributed by atoms with Gasteiger partial charge in [-0.25, -0.2) is 4.39 Å². The minimum Gasteiger partial charge on any atom is -0.366 e. The fraction of sp³-hybridized carbons (Fsp3) is 1.00. The molecule has 1 heterocycles. The van der Waals surface area contributed by atoms with Crippen molar-refractivity contribution in [2.24, 2.45) is 0 Å². The fourth-order valence-corrected chi connectivity index (χ4v) is 1.66. The van der Waals surface area contributed by atoms with Gasteiger partial charge in [-0.05, 0) is 0 Å². The quantitative estimate of drug-likeness (QED) is 0.537. The molecule has 1 aliphatic heterocycles. The summed E-state index contributed by atoms with van der Waals surface area (Å²) in [6.45, 7) is -0.0737. The van der Waals surface area contributed by atoms with E-state index < -0.39 is 23.1 Å². The average Bonchev–Trinajstić information content (AvgIpc) is 2.48. The third-order valence-corrected chi connectivity index (χ3v) is 2.20. The Kier molecular flexibility index (Phi) is 1.86. The molecule has 1 aliphatic rings. The molecule has 1 saturated heterocycles. The van der Waals surface area contributed by atoms with Gasteiger partial charge in [0.2, 0.25) is 0 Å². The van der Waals surface area contributed by atoms with Crippen molar-refractivity contribution in [1.82, 2.24) is 0 Å². The molecule has 2 atom stereocenters. The summed E-state index contributed by atoms with van der Waals surface area (Å²) in [4.78, 5) is 0. The largest absolute Gasteiger partial charge is 0.366 e. The van der Waals surface area contributed by atoms with Crippen LogP contribution in [-0.2, 0) is 15.5 Å². The van der Waals surface area contributed by atoms with E-state index in [1.54, 1.807) is 6.26 Å². The van der Waals surface area contributed by atoms with Gasteiger partial charge in [0, 0.05) is 17.1 Å². The Labute approximate surface area is 55.8 Å². The van der Waals surface area contributed by atoms with Crippen LogP contribution in [-0.4, -0.2) is 35.1 Å². The van der Waals surface area contributed by atoms with Crippen molar-refractivity contribution < 1.29 is 13.3 Å². The van der Waals surface area contributed by atoms with Gasteiger partial charge in [0.25, 0.3) is 0 Å². The molecule has 9 heavy (non-hydrogen) atoms. The van der Waals surface area contributed by atoms with Crippen LogP contribution in [0, 0.1) is 0 Å². The summed E-state index contributed by atoms with van der Waals surface area (Å²) in [6, 6.07) is 0. The lowest BCUT2D eigenvalue weighted by Crippen LogP contribution is -2.22. The predicted octanol–water partition coefficient (Wildman–Crippen LogP) is 0.103.